The molecule has 1 saturated heterocycles. The molecule has 1 aromatic heterocycles. The molecule has 0 spiro atoms. The third-order valence-electron chi connectivity index (χ3n) is 5.12. The highest BCUT2D eigenvalue weighted by molar-refractivity contribution is 7.16. The van der Waals surface area contributed by atoms with Crippen molar-refractivity contribution < 1.29 is 4.79 Å². The van der Waals surface area contributed by atoms with Crippen LogP contribution in [0, 0.1) is 23.2 Å². The van der Waals surface area contributed by atoms with Gasteiger partial charge in [-0.3, -0.25) is 9.69 Å². The largest absolute Gasteiger partial charge is 0.315 e. The van der Waals surface area contributed by atoms with Gasteiger partial charge in [0.2, 0.25) is 5.91 Å². The standard InChI is InChI=1S/C18H25N3OS/c1-12-5-7-21(8-6-12)11-17(22)20-18-15(10-19)14-4-3-13(2)9-16(14)23-18/h12-13H,3-9,11H2,1-2H3,(H,20,22). The molecule has 1 atom stereocenters. The first-order valence-corrected chi connectivity index (χ1v) is 9.45. The van der Waals surface area contributed by atoms with Crippen molar-refractivity contribution >= 4 is 22.2 Å². The fourth-order valence-electron chi connectivity index (χ4n) is 3.55. The van der Waals surface area contributed by atoms with Crippen LogP contribution in [0.25, 0.3) is 0 Å². The molecule has 0 aromatic carbocycles. The van der Waals surface area contributed by atoms with Gasteiger partial charge >= 0.3 is 0 Å². The molecule has 1 aliphatic carbocycles. The lowest BCUT2D eigenvalue weighted by Crippen LogP contribution is -2.38. The third kappa shape index (κ3) is 3.76. The number of carbonyl (C=O) groups is 1. The first-order chi connectivity index (χ1) is 11.1. The molecule has 1 fully saturated rings. The number of fused-ring (bicyclic) bond motifs is 1. The Labute approximate surface area is 142 Å². The van der Waals surface area contributed by atoms with Gasteiger partial charge in [-0.05, 0) is 62.6 Å². The Morgan fingerprint density at radius 3 is 2.74 bits per heavy atom. The Morgan fingerprint density at radius 1 is 1.30 bits per heavy atom. The summed E-state index contributed by atoms with van der Waals surface area (Å²) in [6, 6.07) is 2.32. The van der Waals surface area contributed by atoms with E-state index in [1.165, 1.54) is 23.3 Å². The molecule has 1 unspecified atom stereocenters. The summed E-state index contributed by atoms with van der Waals surface area (Å²) in [7, 11) is 0. The quantitative estimate of drug-likeness (QED) is 0.923. The van der Waals surface area contributed by atoms with E-state index >= 15 is 0 Å². The zero-order valence-electron chi connectivity index (χ0n) is 14.0. The maximum absolute atomic E-state index is 12.4. The van der Waals surface area contributed by atoms with Crippen LogP contribution in [0.4, 0.5) is 5.00 Å². The van der Waals surface area contributed by atoms with Crippen LogP contribution >= 0.6 is 11.3 Å². The number of thiophene rings is 1. The fraction of sp³-hybridized carbons (Fsp3) is 0.667. The van der Waals surface area contributed by atoms with E-state index in [9.17, 15) is 10.1 Å². The number of nitrogens with one attached hydrogen (secondary N) is 1. The van der Waals surface area contributed by atoms with Gasteiger partial charge in [-0.25, -0.2) is 0 Å². The summed E-state index contributed by atoms with van der Waals surface area (Å²) >= 11 is 1.61. The number of carbonyl (C=O) groups excluding carboxylic acids is 1. The van der Waals surface area contributed by atoms with E-state index in [4.69, 9.17) is 0 Å². The maximum atomic E-state index is 12.4. The molecule has 23 heavy (non-hydrogen) atoms. The molecule has 1 N–H and O–H groups in total. The van der Waals surface area contributed by atoms with Crippen molar-refractivity contribution in [1.82, 2.24) is 4.90 Å². The molecule has 5 heteroatoms. The highest BCUT2D eigenvalue weighted by Gasteiger charge is 2.25. The molecule has 0 saturated carbocycles. The SMILES string of the molecule is CC1CCN(CC(=O)Nc2sc3c(c2C#N)CCC(C)C3)CC1. The Kier molecular flexibility index (Phi) is 5.03. The van der Waals surface area contributed by atoms with Gasteiger partial charge in [-0.1, -0.05) is 13.8 Å². The molecule has 4 nitrogen and oxygen atoms in total. The van der Waals surface area contributed by atoms with Gasteiger partial charge in [0.25, 0.3) is 0 Å². The number of rotatable bonds is 3. The van der Waals surface area contributed by atoms with Crippen molar-refractivity contribution in [3.63, 3.8) is 0 Å². The predicted molar refractivity (Wildman–Crippen MR) is 93.7 cm³/mol. The average molecular weight is 331 g/mol. The lowest BCUT2D eigenvalue weighted by atomic mass is 9.89. The van der Waals surface area contributed by atoms with Gasteiger partial charge in [0, 0.05) is 4.88 Å². The number of piperidine rings is 1. The van der Waals surface area contributed by atoms with Crippen molar-refractivity contribution in [2.24, 2.45) is 11.8 Å². The van der Waals surface area contributed by atoms with Gasteiger partial charge < -0.3 is 5.32 Å². The highest BCUT2D eigenvalue weighted by Crippen LogP contribution is 2.39. The van der Waals surface area contributed by atoms with E-state index in [-0.39, 0.29) is 5.91 Å². The van der Waals surface area contributed by atoms with Crippen LogP contribution in [0.2, 0.25) is 0 Å². The Hall–Kier alpha value is -1.38. The second-order valence-electron chi connectivity index (χ2n) is 7.17. The van der Waals surface area contributed by atoms with E-state index in [0.717, 1.165) is 43.3 Å². The first kappa shape index (κ1) is 16.5. The predicted octanol–water partition coefficient (Wildman–Crippen LogP) is 3.41. The zero-order valence-corrected chi connectivity index (χ0v) is 14.8. The first-order valence-electron chi connectivity index (χ1n) is 8.63. The minimum absolute atomic E-state index is 0.0164. The fourth-order valence-corrected chi connectivity index (χ4v) is 4.92. The molecule has 0 bridgehead atoms. The van der Waals surface area contributed by atoms with E-state index in [0.29, 0.717) is 18.0 Å². The number of nitrogens with zero attached hydrogens (tertiary/aromatic N) is 2. The van der Waals surface area contributed by atoms with Gasteiger partial charge in [0.15, 0.2) is 0 Å². The summed E-state index contributed by atoms with van der Waals surface area (Å²) in [4.78, 5) is 15.9. The van der Waals surface area contributed by atoms with Crippen LogP contribution in [-0.4, -0.2) is 30.4 Å². The minimum Gasteiger partial charge on any atom is -0.315 e. The van der Waals surface area contributed by atoms with E-state index < -0.39 is 0 Å². The molecule has 2 aliphatic rings. The lowest BCUT2D eigenvalue weighted by molar-refractivity contribution is -0.117. The molecule has 1 aromatic rings. The molecule has 1 amide bonds. The normalized spacial score (nSPS) is 22.4. The molecule has 0 radical (unpaired) electrons. The molecular weight excluding hydrogens is 306 g/mol. The topological polar surface area (TPSA) is 56.1 Å². The third-order valence-corrected chi connectivity index (χ3v) is 6.29. The smallest absolute Gasteiger partial charge is 0.239 e. The van der Waals surface area contributed by atoms with Crippen molar-refractivity contribution in [1.29, 1.82) is 5.26 Å². The number of hydrogen-bond acceptors (Lipinski definition) is 4. The van der Waals surface area contributed by atoms with Crippen molar-refractivity contribution in [3.8, 4) is 6.07 Å². The highest BCUT2D eigenvalue weighted by atomic mass is 32.1. The number of nitriles is 1. The Bertz CT molecular complexity index is 623. The van der Waals surface area contributed by atoms with Gasteiger partial charge in [0.05, 0.1) is 12.1 Å². The second-order valence-corrected chi connectivity index (χ2v) is 8.28. The minimum atomic E-state index is 0.0164. The summed E-state index contributed by atoms with van der Waals surface area (Å²) in [5.41, 5.74) is 1.88. The summed E-state index contributed by atoms with van der Waals surface area (Å²) < 4.78 is 0. The van der Waals surface area contributed by atoms with Gasteiger partial charge in [0.1, 0.15) is 11.1 Å². The van der Waals surface area contributed by atoms with Crippen molar-refractivity contribution in [2.45, 2.75) is 46.0 Å². The summed E-state index contributed by atoms with van der Waals surface area (Å²) in [5, 5.41) is 13.3. The summed E-state index contributed by atoms with van der Waals surface area (Å²) in [5.74, 6) is 1.46. The lowest BCUT2D eigenvalue weighted by Gasteiger charge is -2.29. The maximum Gasteiger partial charge on any atom is 0.239 e. The monoisotopic (exact) mass is 331 g/mol. The van der Waals surface area contributed by atoms with Crippen LogP contribution in [0.1, 0.15) is 49.1 Å². The van der Waals surface area contributed by atoms with Crippen LogP contribution in [0.3, 0.4) is 0 Å². The zero-order chi connectivity index (χ0) is 16.4. The second kappa shape index (κ2) is 7.02. The summed E-state index contributed by atoms with van der Waals surface area (Å²) in [6.45, 7) is 6.96. The molecular formula is C18H25N3OS. The molecule has 2 heterocycles. The number of hydrogen-bond donors (Lipinski definition) is 1. The molecule has 3 rings (SSSR count). The van der Waals surface area contributed by atoms with E-state index in [1.54, 1.807) is 11.3 Å². The van der Waals surface area contributed by atoms with Crippen LogP contribution in [0.15, 0.2) is 0 Å². The van der Waals surface area contributed by atoms with Crippen molar-refractivity contribution in [2.75, 3.05) is 25.0 Å². The van der Waals surface area contributed by atoms with Crippen LogP contribution in [0.5, 0.6) is 0 Å². The van der Waals surface area contributed by atoms with Gasteiger partial charge in [-0.15, -0.1) is 11.3 Å². The molecule has 1 aliphatic heterocycles. The van der Waals surface area contributed by atoms with Crippen molar-refractivity contribution in [3.05, 3.63) is 16.0 Å². The van der Waals surface area contributed by atoms with Crippen LogP contribution in [-0.2, 0) is 17.6 Å². The number of likely N-dealkylation sites (tertiary alicyclic amines) is 1. The van der Waals surface area contributed by atoms with Gasteiger partial charge in [-0.2, -0.15) is 5.26 Å². The van der Waals surface area contributed by atoms with Crippen LogP contribution < -0.4 is 5.32 Å². The molecule has 124 valence electrons. The average Bonchev–Trinajstić information content (AvgIpc) is 2.85. The Balaban J connectivity index is 1.66. The van der Waals surface area contributed by atoms with E-state index in [2.05, 4.69) is 30.1 Å². The van der Waals surface area contributed by atoms with E-state index in [1.807, 2.05) is 0 Å². The number of amides is 1. The number of anilines is 1. The summed E-state index contributed by atoms with van der Waals surface area (Å²) in [6.07, 6.45) is 5.48. The Morgan fingerprint density at radius 2 is 2.04 bits per heavy atom.